The van der Waals surface area contributed by atoms with Gasteiger partial charge in [0.15, 0.2) is 0 Å². The first-order valence-electron chi connectivity index (χ1n) is 9.68. The van der Waals surface area contributed by atoms with E-state index in [0.29, 0.717) is 37.6 Å². The Labute approximate surface area is 156 Å². The topological polar surface area (TPSA) is 70.7 Å². The quantitative estimate of drug-likeness (QED) is 0.629. The molecule has 0 atom stereocenters. The van der Waals surface area contributed by atoms with E-state index in [9.17, 15) is 9.59 Å². The zero-order valence-electron chi connectivity index (χ0n) is 15.8. The molecule has 2 amide bonds. The smallest absolute Gasteiger partial charge is 0.254 e. The van der Waals surface area contributed by atoms with E-state index in [4.69, 9.17) is 4.74 Å². The third kappa shape index (κ3) is 7.14. The van der Waals surface area contributed by atoms with Gasteiger partial charge < -0.3 is 20.3 Å². The van der Waals surface area contributed by atoms with Crippen LogP contribution in [-0.2, 0) is 9.53 Å². The van der Waals surface area contributed by atoms with Crippen LogP contribution in [0.15, 0.2) is 24.3 Å². The molecule has 2 rings (SSSR count). The second-order valence-electron chi connectivity index (χ2n) is 6.62. The molecule has 0 saturated carbocycles. The molecule has 1 heterocycles. The summed E-state index contributed by atoms with van der Waals surface area (Å²) in [4.78, 5) is 26.3. The number of amides is 2. The third-order valence-electron chi connectivity index (χ3n) is 4.43. The van der Waals surface area contributed by atoms with Crippen LogP contribution < -0.4 is 10.6 Å². The van der Waals surface area contributed by atoms with Gasteiger partial charge in [-0.2, -0.15) is 0 Å². The maximum Gasteiger partial charge on any atom is 0.254 e. The van der Waals surface area contributed by atoms with Crippen molar-refractivity contribution in [3.05, 3.63) is 29.8 Å². The number of carbonyl (C=O) groups is 2. The van der Waals surface area contributed by atoms with Gasteiger partial charge in [-0.15, -0.1) is 0 Å². The van der Waals surface area contributed by atoms with Crippen LogP contribution in [-0.4, -0.2) is 56.1 Å². The number of hydrogen-bond acceptors (Lipinski definition) is 4. The molecule has 1 saturated heterocycles. The van der Waals surface area contributed by atoms with Crippen molar-refractivity contribution in [2.24, 2.45) is 0 Å². The van der Waals surface area contributed by atoms with Crippen molar-refractivity contribution < 1.29 is 14.3 Å². The number of ether oxygens (including phenoxy) is 1. The Balaban J connectivity index is 1.73. The maximum atomic E-state index is 12.5. The minimum absolute atomic E-state index is 0.0189. The summed E-state index contributed by atoms with van der Waals surface area (Å²) in [6.07, 6.45) is 6.07. The number of anilines is 1. The lowest BCUT2D eigenvalue weighted by atomic mass is 10.1. The number of unbranched alkanes of at least 4 members (excludes halogenated alkanes) is 4. The lowest BCUT2D eigenvalue weighted by Gasteiger charge is -2.27. The molecule has 1 fully saturated rings. The second-order valence-corrected chi connectivity index (χ2v) is 6.62. The van der Waals surface area contributed by atoms with E-state index >= 15 is 0 Å². The van der Waals surface area contributed by atoms with Crippen LogP contribution in [0.1, 0.15) is 49.4 Å². The SMILES string of the molecule is CCCCCCCNCC(=O)Nc1cccc(C(=O)N2CCOCC2)c1. The number of rotatable bonds is 10. The van der Waals surface area contributed by atoms with E-state index in [1.807, 2.05) is 0 Å². The molecule has 1 aromatic rings. The molecular formula is C20H31N3O3. The van der Waals surface area contributed by atoms with Crippen molar-refractivity contribution in [3.63, 3.8) is 0 Å². The molecule has 0 unspecified atom stereocenters. The molecule has 6 nitrogen and oxygen atoms in total. The van der Waals surface area contributed by atoms with Crippen LogP contribution in [0.2, 0.25) is 0 Å². The molecule has 1 aliphatic heterocycles. The Morgan fingerprint density at radius 1 is 1.12 bits per heavy atom. The number of carbonyl (C=O) groups excluding carboxylic acids is 2. The van der Waals surface area contributed by atoms with E-state index in [0.717, 1.165) is 13.0 Å². The molecular weight excluding hydrogens is 330 g/mol. The molecule has 6 heteroatoms. The van der Waals surface area contributed by atoms with E-state index in [-0.39, 0.29) is 18.4 Å². The summed E-state index contributed by atoms with van der Waals surface area (Å²) in [7, 11) is 0. The highest BCUT2D eigenvalue weighted by Gasteiger charge is 2.18. The summed E-state index contributed by atoms with van der Waals surface area (Å²) in [5.41, 5.74) is 1.24. The monoisotopic (exact) mass is 361 g/mol. The molecule has 2 N–H and O–H groups in total. The van der Waals surface area contributed by atoms with E-state index in [1.54, 1.807) is 29.2 Å². The first kappa shape index (κ1) is 20.4. The van der Waals surface area contributed by atoms with Crippen molar-refractivity contribution >= 4 is 17.5 Å². The Bertz CT molecular complexity index is 571. The van der Waals surface area contributed by atoms with Gasteiger partial charge in [0.05, 0.1) is 19.8 Å². The van der Waals surface area contributed by atoms with Crippen LogP contribution in [0.25, 0.3) is 0 Å². The molecule has 0 aromatic heterocycles. The van der Waals surface area contributed by atoms with E-state index in [1.165, 1.54) is 25.7 Å². The maximum absolute atomic E-state index is 12.5. The fourth-order valence-corrected chi connectivity index (χ4v) is 2.94. The molecule has 1 aromatic carbocycles. The minimum atomic E-state index is -0.0884. The van der Waals surface area contributed by atoms with Crippen LogP contribution in [0.3, 0.4) is 0 Å². The molecule has 1 aliphatic rings. The summed E-state index contributed by atoms with van der Waals surface area (Å²) in [6.45, 7) is 5.71. The van der Waals surface area contributed by atoms with Gasteiger partial charge in [0.1, 0.15) is 0 Å². The van der Waals surface area contributed by atoms with E-state index < -0.39 is 0 Å². The minimum Gasteiger partial charge on any atom is -0.378 e. The largest absolute Gasteiger partial charge is 0.378 e. The Morgan fingerprint density at radius 2 is 1.88 bits per heavy atom. The fraction of sp³-hybridized carbons (Fsp3) is 0.600. The highest BCUT2D eigenvalue weighted by atomic mass is 16.5. The van der Waals surface area contributed by atoms with Gasteiger partial charge in [0, 0.05) is 24.3 Å². The van der Waals surface area contributed by atoms with Crippen molar-refractivity contribution in [1.29, 1.82) is 0 Å². The lowest BCUT2D eigenvalue weighted by molar-refractivity contribution is -0.115. The van der Waals surface area contributed by atoms with Crippen molar-refractivity contribution in [2.45, 2.75) is 39.0 Å². The van der Waals surface area contributed by atoms with Crippen LogP contribution in [0.5, 0.6) is 0 Å². The highest BCUT2D eigenvalue weighted by molar-refractivity contribution is 5.97. The summed E-state index contributed by atoms with van der Waals surface area (Å²) >= 11 is 0. The standard InChI is InChI=1S/C20H31N3O3/c1-2-3-4-5-6-10-21-16-19(24)22-18-9-7-8-17(15-18)20(25)23-11-13-26-14-12-23/h7-9,15,21H,2-6,10-14,16H2,1H3,(H,22,24). The Kier molecular flexibility index (Phi) is 9.14. The number of nitrogens with one attached hydrogen (secondary N) is 2. The van der Waals surface area contributed by atoms with Crippen LogP contribution in [0, 0.1) is 0 Å². The zero-order valence-corrected chi connectivity index (χ0v) is 15.8. The Hall–Kier alpha value is -1.92. The zero-order chi connectivity index (χ0) is 18.6. The first-order chi connectivity index (χ1) is 12.7. The summed E-state index contributed by atoms with van der Waals surface area (Å²) in [6, 6.07) is 7.12. The third-order valence-corrected chi connectivity index (χ3v) is 4.43. The summed E-state index contributed by atoms with van der Waals surface area (Å²) in [5, 5.41) is 6.02. The molecule has 0 aliphatic carbocycles. The molecule has 144 valence electrons. The summed E-state index contributed by atoms with van der Waals surface area (Å²) < 4.78 is 5.28. The van der Waals surface area contributed by atoms with Crippen molar-refractivity contribution in [1.82, 2.24) is 10.2 Å². The lowest BCUT2D eigenvalue weighted by Crippen LogP contribution is -2.40. The number of nitrogens with zero attached hydrogens (tertiary/aromatic N) is 1. The fourth-order valence-electron chi connectivity index (χ4n) is 2.94. The molecule has 0 bridgehead atoms. The highest BCUT2D eigenvalue weighted by Crippen LogP contribution is 2.13. The van der Waals surface area contributed by atoms with Gasteiger partial charge in [-0.3, -0.25) is 9.59 Å². The number of hydrogen-bond donors (Lipinski definition) is 2. The number of morpholine rings is 1. The second kappa shape index (κ2) is 11.6. The average Bonchev–Trinajstić information content (AvgIpc) is 2.67. The Morgan fingerprint density at radius 3 is 2.65 bits per heavy atom. The van der Waals surface area contributed by atoms with Gasteiger partial charge in [-0.05, 0) is 31.2 Å². The van der Waals surface area contributed by atoms with Crippen molar-refractivity contribution in [3.8, 4) is 0 Å². The van der Waals surface area contributed by atoms with Crippen LogP contribution >= 0.6 is 0 Å². The molecule has 26 heavy (non-hydrogen) atoms. The van der Waals surface area contributed by atoms with Gasteiger partial charge in [-0.1, -0.05) is 38.7 Å². The van der Waals surface area contributed by atoms with E-state index in [2.05, 4.69) is 17.6 Å². The van der Waals surface area contributed by atoms with Gasteiger partial charge >= 0.3 is 0 Å². The van der Waals surface area contributed by atoms with Gasteiger partial charge in [-0.25, -0.2) is 0 Å². The van der Waals surface area contributed by atoms with Crippen molar-refractivity contribution in [2.75, 3.05) is 44.7 Å². The molecule has 0 radical (unpaired) electrons. The van der Waals surface area contributed by atoms with Crippen LogP contribution in [0.4, 0.5) is 5.69 Å². The predicted octanol–water partition coefficient (Wildman–Crippen LogP) is 2.66. The van der Waals surface area contributed by atoms with Gasteiger partial charge in [0.2, 0.25) is 5.91 Å². The van der Waals surface area contributed by atoms with Gasteiger partial charge in [0.25, 0.3) is 5.91 Å². The summed E-state index contributed by atoms with van der Waals surface area (Å²) in [5.74, 6) is -0.107. The molecule has 0 spiro atoms. The first-order valence-corrected chi connectivity index (χ1v) is 9.68. The normalized spacial score (nSPS) is 14.3. The number of benzene rings is 1. The average molecular weight is 361 g/mol. The predicted molar refractivity (Wildman–Crippen MR) is 103 cm³/mol.